The van der Waals surface area contributed by atoms with Gasteiger partial charge in [-0.15, -0.1) is 0 Å². The molecule has 1 aliphatic heterocycles. The van der Waals surface area contributed by atoms with Crippen molar-refractivity contribution in [3.8, 4) is 0 Å². The van der Waals surface area contributed by atoms with Crippen molar-refractivity contribution < 1.29 is 9.53 Å². The van der Waals surface area contributed by atoms with Crippen LogP contribution in [-0.2, 0) is 4.74 Å². The molecular formula is C17H19N3O2. The topological polar surface area (TPSA) is 63.2 Å². The van der Waals surface area contributed by atoms with Gasteiger partial charge >= 0.3 is 0 Å². The van der Waals surface area contributed by atoms with Crippen LogP contribution in [0, 0.1) is 0 Å². The fourth-order valence-electron chi connectivity index (χ4n) is 2.41. The number of rotatable bonds is 5. The lowest BCUT2D eigenvalue weighted by atomic mass is 10.2. The molecule has 2 aromatic rings. The monoisotopic (exact) mass is 297 g/mol. The smallest absolute Gasteiger partial charge is 0.257 e. The zero-order valence-corrected chi connectivity index (χ0v) is 12.3. The lowest BCUT2D eigenvalue weighted by Crippen LogP contribution is -2.18. The molecule has 1 aromatic carbocycles. The van der Waals surface area contributed by atoms with E-state index in [1.54, 1.807) is 24.5 Å². The van der Waals surface area contributed by atoms with E-state index < -0.39 is 0 Å². The Hall–Kier alpha value is -2.40. The SMILES string of the molecule is O=C(Nc1ccc(NCC2CCCO2)cc1)c1cccnc1. The summed E-state index contributed by atoms with van der Waals surface area (Å²) in [6.45, 7) is 1.69. The Kier molecular flexibility index (Phi) is 4.65. The fraction of sp³-hybridized carbons (Fsp3) is 0.294. The largest absolute Gasteiger partial charge is 0.382 e. The first-order valence-electron chi connectivity index (χ1n) is 7.48. The van der Waals surface area contributed by atoms with Gasteiger partial charge in [-0.25, -0.2) is 0 Å². The van der Waals surface area contributed by atoms with Crippen molar-refractivity contribution in [1.29, 1.82) is 0 Å². The highest BCUT2D eigenvalue weighted by Gasteiger charge is 2.14. The van der Waals surface area contributed by atoms with E-state index in [1.165, 1.54) is 0 Å². The van der Waals surface area contributed by atoms with Gasteiger partial charge in [0, 0.05) is 36.9 Å². The van der Waals surface area contributed by atoms with Crippen molar-refractivity contribution in [3.63, 3.8) is 0 Å². The fourth-order valence-corrected chi connectivity index (χ4v) is 2.41. The van der Waals surface area contributed by atoms with Crippen LogP contribution < -0.4 is 10.6 Å². The summed E-state index contributed by atoms with van der Waals surface area (Å²) in [7, 11) is 0. The highest BCUT2D eigenvalue weighted by atomic mass is 16.5. The van der Waals surface area contributed by atoms with Crippen molar-refractivity contribution in [3.05, 3.63) is 54.4 Å². The molecule has 1 aromatic heterocycles. The molecule has 3 rings (SSSR count). The summed E-state index contributed by atoms with van der Waals surface area (Å²) in [6, 6.07) is 11.1. The number of pyridine rings is 1. The number of hydrogen-bond acceptors (Lipinski definition) is 4. The number of carbonyl (C=O) groups excluding carboxylic acids is 1. The Morgan fingerprint density at radius 1 is 1.23 bits per heavy atom. The Balaban J connectivity index is 1.53. The van der Waals surface area contributed by atoms with E-state index in [1.807, 2.05) is 24.3 Å². The zero-order chi connectivity index (χ0) is 15.2. The molecule has 5 heteroatoms. The van der Waals surface area contributed by atoms with E-state index in [0.717, 1.165) is 37.4 Å². The van der Waals surface area contributed by atoms with Gasteiger partial charge in [-0.05, 0) is 49.2 Å². The van der Waals surface area contributed by atoms with E-state index in [2.05, 4.69) is 15.6 Å². The molecular weight excluding hydrogens is 278 g/mol. The molecule has 1 aliphatic rings. The molecule has 114 valence electrons. The van der Waals surface area contributed by atoms with Crippen molar-refractivity contribution in [2.24, 2.45) is 0 Å². The molecule has 1 fully saturated rings. The molecule has 1 atom stereocenters. The predicted molar refractivity (Wildman–Crippen MR) is 86.1 cm³/mol. The number of nitrogens with one attached hydrogen (secondary N) is 2. The molecule has 1 saturated heterocycles. The number of ether oxygens (including phenoxy) is 1. The molecule has 0 saturated carbocycles. The third-order valence-electron chi connectivity index (χ3n) is 3.62. The normalized spacial score (nSPS) is 17.2. The molecule has 1 amide bonds. The van der Waals surface area contributed by atoms with Crippen LogP contribution in [0.4, 0.5) is 11.4 Å². The van der Waals surface area contributed by atoms with Crippen LogP contribution in [0.15, 0.2) is 48.8 Å². The average molecular weight is 297 g/mol. The first-order chi connectivity index (χ1) is 10.8. The molecule has 5 nitrogen and oxygen atoms in total. The Labute approximate surface area is 129 Å². The summed E-state index contributed by atoms with van der Waals surface area (Å²) in [5.41, 5.74) is 2.33. The molecule has 2 heterocycles. The lowest BCUT2D eigenvalue weighted by molar-refractivity contribution is 0.102. The van der Waals surface area contributed by atoms with E-state index >= 15 is 0 Å². The summed E-state index contributed by atoms with van der Waals surface area (Å²) in [5.74, 6) is -0.159. The number of amides is 1. The maximum absolute atomic E-state index is 12.0. The van der Waals surface area contributed by atoms with Crippen molar-refractivity contribution >= 4 is 17.3 Å². The Bertz CT molecular complexity index is 608. The van der Waals surface area contributed by atoms with E-state index in [0.29, 0.717) is 11.7 Å². The maximum Gasteiger partial charge on any atom is 0.257 e. The summed E-state index contributed by atoms with van der Waals surface area (Å²) in [6.07, 6.45) is 5.76. The van der Waals surface area contributed by atoms with Gasteiger partial charge in [0.1, 0.15) is 0 Å². The Morgan fingerprint density at radius 3 is 2.73 bits per heavy atom. The van der Waals surface area contributed by atoms with Gasteiger partial charge in [-0.1, -0.05) is 0 Å². The number of benzene rings is 1. The summed E-state index contributed by atoms with van der Waals surface area (Å²) in [5, 5.41) is 6.20. The van der Waals surface area contributed by atoms with Crippen LogP contribution in [0.5, 0.6) is 0 Å². The van der Waals surface area contributed by atoms with Crippen LogP contribution in [0.1, 0.15) is 23.2 Å². The number of anilines is 2. The second-order valence-corrected chi connectivity index (χ2v) is 5.29. The quantitative estimate of drug-likeness (QED) is 0.890. The number of hydrogen-bond donors (Lipinski definition) is 2. The van der Waals surface area contributed by atoms with Gasteiger partial charge in [-0.2, -0.15) is 0 Å². The minimum absolute atomic E-state index is 0.159. The highest BCUT2D eigenvalue weighted by molar-refractivity contribution is 6.04. The van der Waals surface area contributed by atoms with Crippen molar-refractivity contribution in [2.75, 3.05) is 23.8 Å². The molecule has 0 radical (unpaired) electrons. The standard InChI is InChI=1S/C17H19N3O2/c21-17(13-3-1-9-18-11-13)20-15-7-5-14(6-8-15)19-12-16-4-2-10-22-16/h1,3,5-9,11,16,19H,2,4,10,12H2,(H,20,21). The second kappa shape index (κ2) is 7.04. The summed E-state index contributed by atoms with van der Waals surface area (Å²) in [4.78, 5) is 16.0. The van der Waals surface area contributed by atoms with Crippen molar-refractivity contribution in [1.82, 2.24) is 4.98 Å². The van der Waals surface area contributed by atoms with Crippen LogP contribution in [-0.4, -0.2) is 30.1 Å². The Morgan fingerprint density at radius 2 is 2.05 bits per heavy atom. The molecule has 0 bridgehead atoms. The van der Waals surface area contributed by atoms with Gasteiger partial charge in [0.15, 0.2) is 0 Å². The maximum atomic E-state index is 12.0. The molecule has 0 aliphatic carbocycles. The molecule has 1 unspecified atom stereocenters. The van der Waals surface area contributed by atoms with E-state index in [-0.39, 0.29) is 5.91 Å². The second-order valence-electron chi connectivity index (χ2n) is 5.29. The predicted octanol–water partition coefficient (Wildman–Crippen LogP) is 2.92. The lowest BCUT2D eigenvalue weighted by Gasteiger charge is -2.12. The van der Waals surface area contributed by atoms with Gasteiger partial charge in [-0.3, -0.25) is 9.78 Å². The zero-order valence-electron chi connectivity index (χ0n) is 12.3. The van der Waals surface area contributed by atoms with E-state index in [4.69, 9.17) is 4.74 Å². The number of aromatic nitrogens is 1. The third kappa shape index (κ3) is 3.83. The average Bonchev–Trinajstić information content (AvgIpc) is 3.08. The van der Waals surface area contributed by atoms with Crippen molar-refractivity contribution in [2.45, 2.75) is 18.9 Å². The van der Waals surface area contributed by atoms with E-state index in [9.17, 15) is 4.79 Å². The molecule has 22 heavy (non-hydrogen) atoms. The minimum atomic E-state index is -0.159. The van der Waals surface area contributed by atoms with Gasteiger partial charge < -0.3 is 15.4 Å². The summed E-state index contributed by atoms with van der Waals surface area (Å²) >= 11 is 0. The number of carbonyl (C=O) groups is 1. The first kappa shape index (κ1) is 14.5. The third-order valence-corrected chi connectivity index (χ3v) is 3.62. The van der Waals surface area contributed by atoms with Gasteiger partial charge in [0.2, 0.25) is 0 Å². The summed E-state index contributed by atoms with van der Waals surface area (Å²) < 4.78 is 5.57. The van der Waals surface area contributed by atoms with Crippen LogP contribution in [0.2, 0.25) is 0 Å². The van der Waals surface area contributed by atoms with Crippen LogP contribution in [0.25, 0.3) is 0 Å². The highest BCUT2D eigenvalue weighted by Crippen LogP contribution is 2.17. The first-order valence-corrected chi connectivity index (χ1v) is 7.48. The van der Waals surface area contributed by atoms with Gasteiger partial charge in [0.05, 0.1) is 11.7 Å². The molecule has 0 spiro atoms. The molecule has 2 N–H and O–H groups in total. The minimum Gasteiger partial charge on any atom is -0.382 e. The van der Waals surface area contributed by atoms with Crippen LogP contribution >= 0.6 is 0 Å². The van der Waals surface area contributed by atoms with Gasteiger partial charge in [0.25, 0.3) is 5.91 Å². The number of nitrogens with zero attached hydrogens (tertiary/aromatic N) is 1. The van der Waals surface area contributed by atoms with Crippen LogP contribution in [0.3, 0.4) is 0 Å².